The van der Waals surface area contributed by atoms with Gasteiger partial charge in [0.05, 0.1) is 29.9 Å². The van der Waals surface area contributed by atoms with Crippen LogP contribution in [0.15, 0.2) is 28.7 Å². The minimum absolute atomic E-state index is 0.0832. The molecule has 10 heteroatoms. The number of phenols is 1. The highest BCUT2D eigenvalue weighted by Gasteiger charge is 2.12. The van der Waals surface area contributed by atoms with Crippen molar-refractivity contribution in [3.05, 3.63) is 45.0 Å². The Hall–Kier alpha value is -3.01. The van der Waals surface area contributed by atoms with E-state index in [1.54, 1.807) is 12.3 Å². The van der Waals surface area contributed by atoms with Crippen LogP contribution in [0.5, 0.6) is 5.75 Å². The number of aromatic nitrogens is 1. The van der Waals surface area contributed by atoms with Crippen molar-refractivity contribution in [2.45, 2.75) is 13.3 Å². The zero-order valence-corrected chi connectivity index (χ0v) is 13.4. The van der Waals surface area contributed by atoms with Crippen molar-refractivity contribution in [3.63, 3.8) is 0 Å². The van der Waals surface area contributed by atoms with Gasteiger partial charge < -0.3 is 9.84 Å². The summed E-state index contributed by atoms with van der Waals surface area (Å²) in [5.74, 6) is -0.761. The molecule has 0 amide bonds. The van der Waals surface area contributed by atoms with E-state index < -0.39 is 16.4 Å². The number of nitrogens with zero attached hydrogens (tertiary/aromatic N) is 3. The van der Waals surface area contributed by atoms with Gasteiger partial charge in [-0.3, -0.25) is 20.3 Å². The number of benzene rings is 1. The number of phenolic OH excluding ortho intramolecular Hbond substituents is 1. The second kappa shape index (κ2) is 8.02. The smallest absolute Gasteiger partial charge is 0.311 e. The van der Waals surface area contributed by atoms with Crippen LogP contribution in [0.25, 0.3) is 0 Å². The highest BCUT2D eigenvalue weighted by molar-refractivity contribution is 7.13. The third-order valence-electron chi connectivity index (χ3n) is 2.75. The predicted octanol–water partition coefficient (Wildman–Crippen LogP) is 2.31. The first-order valence-corrected chi connectivity index (χ1v) is 7.74. The van der Waals surface area contributed by atoms with E-state index in [2.05, 4.69) is 15.5 Å². The number of carbonyl (C=O) groups excluding carboxylic acids is 1. The molecule has 1 aromatic heterocycles. The minimum atomic E-state index is -0.678. The van der Waals surface area contributed by atoms with Crippen LogP contribution in [0.4, 0.5) is 10.8 Å². The lowest BCUT2D eigenvalue weighted by Gasteiger charge is -1.98. The van der Waals surface area contributed by atoms with Crippen molar-refractivity contribution in [3.8, 4) is 5.75 Å². The molecule has 0 atom stereocenters. The Bertz CT molecular complexity index is 774. The number of thiazole rings is 1. The number of ether oxygens (including phenoxy) is 1. The van der Waals surface area contributed by atoms with Crippen LogP contribution in [0.1, 0.15) is 18.2 Å². The number of hydrazone groups is 1. The van der Waals surface area contributed by atoms with Gasteiger partial charge in [-0.2, -0.15) is 5.10 Å². The SMILES string of the molecule is CCOC(=O)Cc1csc(NN=Cc2ccc(O)c([N+](=O)[O-])c2)n1. The van der Waals surface area contributed by atoms with Gasteiger partial charge in [-0.05, 0) is 19.1 Å². The first-order valence-electron chi connectivity index (χ1n) is 6.86. The molecule has 0 spiro atoms. The van der Waals surface area contributed by atoms with Gasteiger partial charge in [0, 0.05) is 17.0 Å². The van der Waals surface area contributed by atoms with E-state index in [4.69, 9.17) is 4.74 Å². The maximum absolute atomic E-state index is 11.4. The van der Waals surface area contributed by atoms with E-state index in [1.807, 2.05) is 0 Å². The number of anilines is 1. The molecule has 0 aliphatic rings. The number of nitro benzene ring substituents is 1. The summed E-state index contributed by atoms with van der Waals surface area (Å²) in [6.07, 6.45) is 1.44. The van der Waals surface area contributed by atoms with Crippen LogP contribution in [0.3, 0.4) is 0 Å². The van der Waals surface area contributed by atoms with Gasteiger partial charge >= 0.3 is 11.7 Å². The number of hydrogen-bond donors (Lipinski definition) is 2. The van der Waals surface area contributed by atoms with Gasteiger partial charge in [0.1, 0.15) is 0 Å². The van der Waals surface area contributed by atoms with Gasteiger partial charge in [0.2, 0.25) is 5.13 Å². The van der Waals surface area contributed by atoms with Crippen molar-refractivity contribution in [1.82, 2.24) is 4.98 Å². The molecule has 0 unspecified atom stereocenters. The lowest BCUT2D eigenvalue weighted by atomic mass is 10.2. The van der Waals surface area contributed by atoms with E-state index in [9.17, 15) is 20.0 Å². The van der Waals surface area contributed by atoms with Crippen LogP contribution >= 0.6 is 11.3 Å². The highest BCUT2D eigenvalue weighted by Crippen LogP contribution is 2.25. The van der Waals surface area contributed by atoms with Gasteiger partial charge in [-0.15, -0.1) is 11.3 Å². The summed E-state index contributed by atoms with van der Waals surface area (Å²) in [7, 11) is 0. The summed E-state index contributed by atoms with van der Waals surface area (Å²) < 4.78 is 4.83. The summed E-state index contributed by atoms with van der Waals surface area (Å²) in [4.78, 5) is 25.6. The molecule has 2 N–H and O–H groups in total. The Kier molecular flexibility index (Phi) is 5.79. The molecule has 0 bridgehead atoms. The molecule has 0 saturated carbocycles. The zero-order chi connectivity index (χ0) is 17.5. The quantitative estimate of drug-likeness (QED) is 0.339. The molecule has 2 rings (SSSR count). The number of esters is 1. The monoisotopic (exact) mass is 350 g/mol. The normalized spacial score (nSPS) is 10.7. The Morgan fingerprint density at radius 2 is 2.38 bits per heavy atom. The van der Waals surface area contributed by atoms with Gasteiger partial charge in [-0.25, -0.2) is 4.98 Å². The van der Waals surface area contributed by atoms with Crippen LogP contribution in [0, 0.1) is 10.1 Å². The fourth-order valence-corrected chi connectivity index (χ4v) is 2.39. The molecule has 0 saturated heterocycles. The lowest BCUT2D eigenvalue weighted by molar-refractivity contribution is -0.385. The Morgan fingerprint density at radius 3 is 3.08 bits per heavy atom. The molecule has 0 aliphatic heterocycles. The van der Waals surface area contributed by atoms with Gasteiger partial charge in [0.25, 0.3) is 0 Å². The molecule has 0 radical (unpaired) electrons. The Morgan fingerprint density at radius 1 is 1.58 bits per heavy atom. The molecule has 2 aromatic rings. The van der Waals surface area contributed by atoms with Crippen LogP contribution < -0.4 is 5.43 Å². The van der Waals surface area contributed by atoms with E-state index in [0.717, 1.165) is 0 Å². The molecular formula is C14H14N4O5S. The molecule has 0 aliphatic carbocycles. The van der Waals surface area contributed by atoms with Crippen molar-refractivity contribution in [2.24, 2.45) is 5.10 Å². The third kappa shape index (κ3) is 4.74. The second-order valence-corrected chi connectivity index (χ2v) is 5.36. The molecular weight excluding hydrogens is 336 g/mol. The van der Waals surface area contributed by atoms with Gasteiger partial charge in [0.15, 0.2) is 5.75 Å². The molecule has 9 nitrogen and oxygen atoms in total. The van der Waals surface area contributed by atoms with E-state index in [1.165, 1.54) is 35.8 Å². The summed E-state index contributed by atoms with van der Waals surface area (Å²) in [5.41, 5.74) is 3.28. The van der Waals surface area contributed by atoms with E-state index in [0.29, 0.717) is 23.0 Å². The summed E-state index contributed by atoms with van der Waals surface area (Å²) in [6, 6.07) is 3.91. The number of nitro groups is 1. The fourth-order valence-electron chi connectivity index (χ4n) is 1.73. The maximum Gasteiger partial charge on any atom is 0.311 e. The average molecular weight is 350 g/mol. The predicted molar refractivity (Wildman–Crippen MR) is 88.4 cm³/mol. The zero-order valence-electron chi connectivity index (χ0n) is 12.6. The third-order valence-corrected chi connectivity index (χ3v) is 3.55. The summed E-state index contributed by atoms with van der Waals surface area (Å²) in [5, 5.41) is 26.2. The molecule has 1 heterocycles. The first kappa shape index (κ1) is 17.3. The Balaban J connectivity index is 1.97. The molecule has 24 heavy (non-hydrogen) atoms. The van der Waals surface area contributed by atoms with Crippen LogP contribution in [-0.4, -0.2) is 33.8 Å². The van der Waals surface area contributed by atoms with Crippen LogP contribution in [0.2, 0.25) is 0 Å². The minimum Gasteiger partial charge on any atom is -0.502 e. The number of aromatic hydroxyl groups is 1. The van der Waals surface area contributed by atoms with Crippen LogP contribution in [-0.2, 0) is 16.0 Å². The van der Waals surface area contributed by atoms with Gasteiger partial charge in [-0.1, -0.05) is 0 Å². The van der Waals surface area contributed by atoms with E-state index in [-0.39, 0.29) is 12.4 Å². The van der Waals surface area contributed by atoms with Crippen molar-refractivity contribution in [2.75, 3.05) is 12.0 Å². The largest absolute Gasteiger partial charge is 0.502 e. The summed E-state index contributed by atoms with van der Waals surface area (Å²) in [6.45, 7) is 2.05. The van der Waals surface area contributed by atoms with Crippen molar-refractivity contribution < 1.29 is 19.6 Å². The number of carbonyl (C=O) groups is 1. The molecule has 0 fully saturated rings. The second-order valence-electron chi connectivity index (χ2n) is 4.50. The standard InChI is InChI=1S/C14H14N4O5S/c1-2-23-13(20)6-10-8-24-14(16-10)17-15-7-9-3-4-12(19)11(5-9)18(21)22/h3-5,7-8,19H,2,6H2,1H3,(H,16,17). The maximum atomic E-state index is 11.4. The number of hydrogen-bond acceptors (Lipinski definition) is 9. The van der Waals surface area contributed by atoms with Crippen molar-refractivity contribution >= 4 is 34.3 Å². The molecule has 1 aromatic carbocycles. The Labute approximate surface area is 140 Å². The van der Waals surface area contributed by atoms with E-state index >= 15 is 0 Å². The fraction of sp³-hybridized carbons (Fsp3) is 0.214. The first-order chi connectivity index (χ1) is 11.5. The molecule has 126 valence electrons. The average Bonchev–Trinajstić information content (AvgIpc) is 2.96. The highest BCUT2D eigenvalue weighted by atomic mass is 32.1. The topological polar surface area (TPSA) is 127 Å². The lowest BCUT2D eigenvalue weighted by Crippen LogP contribution is -2.07. The summed E-state index contributed by atoms with van der Waals surface area (Å²) >= 11 is 1.26. The number of nitrogens with one attached hydrogen (secondary N) is 1. The van der Waals surface area contributed by atoms with Crippen molar-refractivity contribution in [1.29, 1.82) is 0 Å². The number of rotatable bonds is 7.